The molecule has 7 heteroatoms. The number of nitrogens with two attached hydrogens (primary N) is 1. The van der Waals surface area contributed by atoms with Crippen molar-refractivity contribution in [1.29, 1.82) is 0 Å². The fraction of sp³-hybridized carbons (Fsp3) is 0.214. The molecule has 21 heavy (non-hydrogen) atoms. The van der Waals surface area contributed by atoms with Crippen molar-refractivity contribution in [3.63, 3.8) is 0 Å². The number of H-pyrrole nitrogens is 1. The van der Waals surface area contributed by atoms with Gasteiger partial charge in [-0.1, -0.05) is 6.92 Å². The Kier molecular flexibility index (Phi) is 3.57. The minimum atomic E-state index is -0.236. The number of aromatic amines is 1. The van der Waals surface area contributed by atoms with Crippen molar-refractivity contribution in [3.05, 3.63) is 40.0 Å². The number of nitrogens with zero attached hydrogens (tertiary/aromatic N) is 2. The minimum Gasteiger partial charge on any atom is -0.399 e. The minimum absolute atomic E-state index is 0.236. The van der Waals surface area contributed by atoms with Crippen LogP contribution in [0.3, 0.4) is 0 Å². The maximum atomic E-state index is 12.2. The highest BCUT2D eigenvalue weighted by Crippen LogP contribution is 2.19. The van der Waals surface area contributed by atoms with Crippen LogP contribution in [0.4, 0.5) is 5.69 Å². The normalized spacial score (nSPS) is 10.9. The van der Waals surface area contributed by atoms with Crippen LogP contribution in [0.1, 0.15) is 27.3 Å². The van der Waals surface area contributed by atoms with Crippen LogP contribution in [-0.2, 0) is 13.0 Å². The smallest absolute Gasteiger partial charge is 0.272 e. The maximum Gasteiger partial charge on any atom is 0.272 e. The summed E-state index contributed by atoms with van der Waals surface area (Å²) in [6, 6.07) is 5.32. The number of nitrogens with one attached hydrogen (secondary N) is 2. The standard InChI is InChI=1S/C14H15N5OS/c1-2-9-6-16-12(21-9)7-17-14(20)13-10-5-8(15)3-4-11(10)18-19-13/h3-6H,2,7,15H2,1H3,(H,17,20)(H,18,19). The van der Waals surface area contributed by atoms with Crippen molar-refractivity contribution >= 4 is 33.8 Å². The van der Waals surface area contributed by atoms with Crippen LogP contribution < -0.4 is 11.1 Å². The quantitative estimate of drug-likeness (QED) is 0.643. The zero-order valence-electron chi connectivity index (χ0n) is 11.5. The van der Waals surface area contributed by atoms with Gasteiger partial charge in [0.05, 0.1) is 12.1 Å². The van der Waals surface area contributed by atoms with E-state index in [9.17, 15) is 4.79 Å². The van der Waals surface area contributed by atoms with Gasteiger partial charge in [0, 0.05) is 22.1 Å². The number of hydrogen-bond acceptors (Lipinski definition) is 5. The van der Waals surface area contributed by atoms with Gasteiger partial charge in [-0.25, -0.2) is 4.98 Å². The van der Waals surface area contributed by atoms with E-state index in [-0.39, 0.29) is 5.91 Å². The highest BCUT2D eigenvalue weighted by molar-refractivity contribution is 7.11. The number of anilines is 1. The topological polar surface area (TPSA) is 96.7 Å². The van der Waals surface area contributed by atoms with E-state index in [1.807, 2.05) is 12.3 Å². The number of fused-ring (bicyclic) bond motifs is 1. The van der Waals surface area contributed by atoms with Crippen LogP contribution in [-0.4, -0.2) is 21.1 Å². The van der Waals surface area contributed by atoms with Crippen molar-refractivity contribution in [2.24, 2.45) is 0 Å². The summed E-state index contributed by atoms with van der Waals surface area (Å²) >= 11 is 1.60. The predicted octanol–water partition coefficient (Wildman–Crippen LogP) is 2.09. The van der Waals surface area contributed by atoms with E-state index in [0.29, 0.717) is 17.9 Å². The van der Waals surface area contributed by atoms with Gasteiger partial charge in [-0.2, -0.15) is 5.10 Å². The van der Waals surface area contributed by atoms with Crippen molar-refractivity contribution in [2.45, 2.75) is 19.9 Å². The molecule has 0 fully saturated rings. The maximum absolute atomic E-state index is 12.2. The molecule has 0 atom stereocenters. The molecule has 108 valence electrons. The zero-order valence-corrected chi connectivity index (χ0v) is 12.3. The van der Waals surface area contributed by atoms with Crippen molar-refractivity contribution < 1.29 is 4.79 Å². The van der Waals surface area contributed by atoms with E-state index in [2.05, 4.69) is 27.4 Å². The van der Waals surface area contributed by atoms with Crippen LogP contribution >= 0.6 is 11.3 Å². The fourth-order valence-electron chi connectivity index (χ4n) is 2.04. The second-order valence-electron chi connectivity index (χ2n) is 4.63. The van der Waals surface area contributed by atoms with Gasteiger partial charge in [0.25, 0.3) is 5.91 Å². The Morgan fingerprint density at radius 1 is 1.48 bits per heavy atom. The molecule has 4 N–H and O–H groups in total. The van der Waals surface area contributed by atoms with Crippen LogP contribution in [0.25, 0.3) is 10.9 Å². The molecule has 3 aromatic rings. The van der Waals surface area contributed by atoms with Crippen LogP contribution in [0.2, 0.25) is 0 Å². The first-order chi connectivity index (χ1) is 10.2. The molecule has 3 rings (SSSR count). The third-order valence-electron chi connectivity index (χ3n) is 3.15. The molecule has 0 spiro atoms. The molecule has 2 heterocycles. The average molecular weight is 301 g/mol. The summed E-state index contributed by atoms with van der Waals surface area (Å²) in [7, 11) is 0. The summed E-state index contributed by atoms with van der Waals surface area (Å²) in [6.45, 7) is 2.48. The van der Waals surface area contributed by atoms with Crippen molar-refractivity contribution in [1.82, 2.24) is 20.5 Å². The molecule has 0 aliphatic carbocycles. The van der Waals surface area contributed by atoms with E-state index < -0.39 is 0 Å². The van der Waals surface area contributed by atoms with Gasteiger partial charge >= 0.3 is 0 Å². The molecule has 0 unspecified atom stereocenters. The van der Waals surface area contributed by atoms with Crippen LogP contribution in [0.5, 0.6) is 0 Å². The lowest BCUT2D eigenvalue weighted by atomic mass is 10.2. The number of aromatic nitrogens is 3. The van der Waals surface area contributed by atoms with Crippen molar-refractivity contribution in [3.8, 4) is 0 Å². The molecule has 1 aromatic carbocycles. The van der Waals surface area contributed by atoms with Crippen LogP contribution in [0.15, 0.2) is 24.4 Å². The lowest BCUT2D eigenvalue weighted by Gasteiger charge is -2.01. The summed E-state index contributed by atoms with van der Waals surface area (Å²) in [4.78, 5) is 17.7. The number of thiazole rings is 1. The Bertz CT molecular complexity index is 792. The second-order valence-corrected chi connectivity index (χ2v) is 5.83. The second kappa shape index (κ2) is 5.53. The van der Waals surface area contributed by atoms with Crippen LogP contribution in [0, 0.1) is 0 Å². The first-order valence-electron chi connectivity index (χ1n) is 6.62. The Labute approximate surface area is 125 Å². The third kappa shape index (κ3) is 2.73. The summed E-state index contributed by atoms with van der Waals surface area (Å²) in [5.74, 6) is -0.236. The number of nitrogen functional groups attached to an aromatic ring is 1. The number of aryl methyl sites for hydroxylation is 1. The average Bonchev–Trinajstić information content (AvgIpc) is 3.10. The molecule has 1 amide bonds. The molecule has 0 radical (unpaired) electrons. The first kappa shape index (κ1) is 13.6. The molecular weight excluding hydrogens is 286 g/mol. The first-order valence-corrected chi connectivity index (χ1v) is 7.44. The summed E-state index contributed by atoms with van der Waals surface area (Å²) in [6.07, 6.45) is 2.80. The monoisotopic (exact) mass is 301 g/mol. The van der Waals surface area contributed by atoms with Gasteiger partial charge in [0.1, 0.15) is 5.01 Å². The number of hydrogen-bond donors (Lipinski definition) is 3. The Balaban J connectivity index is 1.76. The molecule has 6 nitrogen and oxygen atoms in total. The zero-order chi connectivity index (χ0) is 14.8. The van der Waals surface area contributed by atoms with Crippen molar-refractivity contribution in [2.75, 3.05) is 5.73 Å². The third-order valence-corrected chi connectivity index (χ3v) is 4.29. The summed E-state index contributed by atoms with van der Waals surface area (Å²) in [5.41, 5.74) is 7.50. The molecule has 0 saturated carbocycles. The molecule has 0 saturated heterocycles. The molecule has 0 aliphatic rings. The highest BCUT2D eigenvalue weighted by Gasteiger charge is 2.14. The number of benzene rings is 1. The molecule has 0 bridgehead atoms. The van der Waals surface area contributed by atoms with Gasteiger partial charge in [0.15, 0.2) is 5.69 Å². The van der Waals surface area contributed by atoms with E-state index in [1.54, 1.807) is 23.5 Å². The van der Waals surface area contributed by atoms with Gasteiger partial charge in [-0.15, -0.1) is 11.3 Å². The van der Waals surface area contributed by atoms with E-state index in [1.165, 1.54) is 4.88 Å². The number of amides is 1. The largest absolute Gasteiger partial charge is 0.399 e. The molecule has 0 aliphatic heterocycles. The lowest BCUT2D eigenvalue weighted by Crippen LogP contribution is -2.23. The predicted molar refractivity (Wildman–Crippen MR) is 83.2 cm³/mol. The number of carbonyl (C=O) groups is 1. The number of rotatable bonds is 4. The Hall–Kier alpha value is -2.41. The summed E-state index contributed by atoms with van der Waals surface area (Å²) < 4.78 is 0. The summed E-state index contributed by atoms with van der Waals surface area (Å²) in [5, 5.41) is 11.3. The lowest BCUT2D eigenvalue weighted by molar-refractivity contribution is 0.0947. The van der Waals surface area contributed by atoms with Gasteiger partial charge < -0.3 is 11.1 Å². The molecule has 2 aromatic heterocycles. The molecular formula is C14H15N5OS. The van der Waals surface area contributed by atoms with Gasteiger partial charge in [-0.3, -0.25) is 9.89 Å². The number of carbonyl (C=O) groups excluding carboxylic acids is 1. The Morgan fingerprint density at radius 3 is 3.10 bits per heavy atom. The fourth-order valence-corrected chi connectivity index (χ4v) is 2.84. The van der Waals surface area contributed by atoms with Gasteiger partial charge in [0.2, 0.25) is 0 Å². The Morgan fingerprint density at radius 2 is 2.33 bits per heavy atom. The highest BCUT2D eigenvalue weighted by atomic mass is 32.1. The van der Waals surface area contributed by atoms with E-state index in [0.717, 1.165) is 22.3 Å². The van der Waals surface area contributed by atoms with Gasteiger partial charge in [-0.05, 0) is 24.6 Å². The van der Waals surface area contributed by atoms with E-state index >= 15 is 0 Å². The SMILES string of the molecule is CCc1cnc(CNC(=O)c2n[nH]c3ccc(N)cc23)s1. The van der Waals surface area contributed by atoms with E-state index in [4.69, 9.17) is 5.73 Å².